The maximum atomic E-state index is 11.9. The number of carbonyl (C=O) groups is 2. The van der Waals surface area contributed by atoms with Gasteiger partial charge < -0.3 is 4.74 Å². The lowest BCUT2D eigenvalue weighted by Gasteiger charge is -2.27. The number of thioether (sulfide) groups is 1. The molecule has 0 aliphatic carbocycles. The van der Waals surface area contributed by atoms with Crippen LogP contribution in [0.3, 0.4) is 0 Å². The smallest absolute Gasteiger partial charge is 0.320 e. The molecule has 18 heavy (non-hydrogen) atoms. The minimum atomic E-state index is -1.43. The quantitative estimate of drug-likeness (QED) is 0.253. The van der Waals surface area contributed by atoms with Gasteiger partial charge in [-0.2, -0.15) is 11.8 Å². The summed E-state index contributed by atoms with van der Waals surface area (Å²) in [5.74, 6) is -1.24. The van der Waals surface area contributed by atoms with Gasteiger partial charge in [-0.3, -0.25) is 9.59 Å². The molecule has 0 aliphatic heterocycles. The number of amides is 1. The van der Waals surface area contributed by atoms with Crippen molar-refractivity contribution in [3.63, 3.8) is 0 Å². The van der Waals surface area contributed by atoms with Crippen LogP contribution in [0.25, 0.3) is 10.4 Å². The number of ether oxygens (including phenoxy) is 1. The van der Waals surface area contributed by atoms with Gasteiger partial charge in [-0.15, -0.1) is 0 Å². The normalized spacial score (nSPS) is 14.3. The maximum Gasteiger partial charge on any atom is 0.320 e. The fraction of sp³-hybridized carbons (Fsp3) is 0.818. The van der Waals surface area contributed by atoms with Crippen LogP contribution in [-0.4, -0.2) is 29.0 Å². The Bertz CT molecular complexity index is 372. The second-order valence-corrected chi connectivity index (χ2v) is 6.75. The summed E-state index contributed by atoms with van der Waals surface area (Å²) in [4.78, 5) is 26.1. The van der Waals surface area contributed by atoms with Crippen LogP contribution in [0.15, 0.2) is 5.11 Å². The van der Waals surface area contributed by atoms with E-state index in [0.717, 1.165) is 0 Å². The second-order valence-electron chi connectivity index (χ2n) is 4.95. The van der Waals surface area contributed by atoms with E-state index in [1.54, 1.807) is 6.92 Å². The fourth-order valence-electron chi connectivity index (χ4n) is 1.01. The lowest BCUT2D eigenvalue weighted by Crippen LogP contribution is -2.40. The van der Waals surface area contributed by atoms with Crippen LogP contribution in [0, 0.1) is 5.41 Å². The molecule has 0 saturated heterocycles. The Labute approximate surface area is 111 Å². The molecule has 0 spiro atoms. The third-order valence-corrected chi connectivity index (χ3v) is 3.72. The number of azide groups is 1. The Hall–Kier alpha value is -1.20. The molecule has 0 heterocycles. The predicted octanol–water partition coefficient (Wildman–Crippen LogP) is 2.92. The highest BCUT2D eigenvalue weighted by Gasteiger charge is 2.42. The summed E-state index contributed by atoms with van der Waals surface area (Å²) in [6.07, 6.45) is 0. The van der Waals surface area contributed by atoms with Gasteiger partial charge in [-0.1, -0.05) is 20.8 Å². The number of hydrogen-bond acceptors (Lipinski definition) is 4. The molecule has 0 bridgehead atoms. The van der Waals surface area contributed by atoms with Gasteiger partial charge in [-0.25, -0.2) is 0 Å². The summed E-state index contributed by atoms with van der Waals surface area (Å²) in [7, 11) is 0. The Morgan fingerprint density at radius 2 is 1.89 bits per heavy atom. The van der Waals surface area contributed by atoms with Crippen LogP contribution < -0.4 is 0 Å². The Kier molecular flexibility index (Phi) is 6.21. The maximum absolute atomic E-state index is 11.9. The molecule has 7 heteroatoms. The first kappa shape index (κ1) is 16.8. The highest BCUT2D eigenvalue weighted by Crippen LogP contribution is 2.33. The molecule has 0 N–H and O–H groups in total. The summed E-state index contributed by atoms with van der Waals surface area (Å²) in [5.41, 5.74) is 6.89. The van der Waals surface area contributed by atoms with E-state index >= 15 is 0 Å². The van der Waals surface area contributed by atoms with Gasteiger partial charge in [0.2, 0.25) is 5.91 Å². The molecule has 0 rings (SSSR count). The molecule has 0 saturated carbocycles. The second kappa shape index (κ2) is 6.66. The van der Waals surface area contributed by atoms with Gasteiger partial charge in [0.1, 0.15) is 5.41 Å². The van der Waals surface area contributed by atoms with E-state index in [2.05, 4.69) is 10.0 Å². The molecule has 0 radical (unpaired) electrons. The summed E-state index contributed by atoms with van der Waals surface area (Å²) >= 11 is 1.44. The molecule has 0 unspecified atom stereocenters. The lowest BCUT2D eigenvalue weighted by atomic mass is 9.92. The number of nitrogens with zero attached hydrogens (tertiary/aromatic N) is 3. The minimum absolute atomic E-state index is 0.107. The van der Waals surface area contributed by atoms with Crippen molar-refractivity contribution >= 4 is 23.6 Å². The highest BCUT2D eigenvalue weighted by molar-refractivity contribution is 8.00. The molecule has 0 aromatic heterocycles. The average molecular weight is 273 g/mol. The average Bonchev–Trinajstić information content (AvgIpc) is 2.25. The molecule has 0 aliphatic rings. The van der Waals surface area contributed by atoms with Crippen molar-refractivity contribution in [2.24, 2.45) is 10.5 Å². The zero-order valence-corrected chi connectivity index (χ0v) is 12.2. The van der Waals surface area contributed by atoms with Crippen LogP contribution in [-0.2, 0) is 14.3 Å². The topological polar surface area (TPSA) is 92.1 Å². The number of carbonyl (C=O) groups excluding carboxylic acids is 2. The van der Waals surface area contributed by atoms with E-state index in [4.69, 9.17) is 10.3 Å². The predicted molar refractivity (Wildman–Crippen MR) is 71.1 cm³/mol. The van der Waals surface area contributed by atoms with E-state index in [1.807, 2.05) is 20.8 Å². The van der Waals surface area contributed by atoms with Crippen molar-refractivity contribution in [2.45, 2.75) is 39.4 Å². The summed E-state index contributed by atoms with van der Waals surface area (Å²) in [6, 6.07) is 0. The van der Waals surface area contributed by atoms with E-state index < -0.39 is 17.3 Å². The lowest BCUT2D eigenvalue weighted by molar-refractivity contribution is -0.157. The zero-order chi connectivity index (χ0) is 14.4. The summed E-state index contributed by atoms with van der Waals surface area (Å²) < 4.78 is 4.78. The van der Waals surface area contributed by atoms with E-state index in [0.29, 0.717) is 0 Å². The minimum Gasteiger partial charge on any atom is -0.465 e. The van der Waals surface area contributed by atoms with Gasteiger partial charge in [0, 0.05) is 15.4 Å². The van der Waals surface area contributed by atoms with Crippen molar-refractivity contribution < 1.29 is 14.3 Å². The van der Waals surface area contributed by atoms with Gasteiger partial charge in [0.05, 0.1) is 6.61 Å². The van der Waals surface area contributed by atoms with E-state index in [1.165, 1.54) is 18.7 Å². The standard InChI is InChI=1S/C11H19N3O3S/c1-6-17-9(16)11(5,8(15)13-14-12)7-18-10(2,3)4/h6-7H2,1-5H3/t11-/m0/s1. The SMILES string of the molecule is CCOC(=O)[C@@](C)(CSC(C)(C)C)C(=O)N=[N+]=[N-]. The number of rotatable bonds is 5. The van der Waals surface area contributed by atoms with Gasteiger partial charge >= 0.3 is 5.97 Å². The van der Waals surface area contributed by atoms with Gasteiger partial charge in [0.15, 0.2) is 0 Å². The first-order valence-electron chi connectivity index (χ1n) is 5.58. The van der Waals surface area contributed by atoms with Crippen LogP contribution in [0.1, 0.15) is 34.6 Å². The molecule has 0 fully saturated rings. The van der Waals surface area contributed by atoms with Gasteiger partial charge in [0.25, 0.3) is 0 Å². The molecular formula is C11H19N3O3S. The molecule has 6 nitrogen and oxygen atoms in total. The summed E-state index contributed by atoms with van der Waals surface area (Å²) in [6.45, 7) is 9.20. The van der Waals surface area contributed by atoms with Gasteiger partial charge in [-0.05, 0) is 24.5 Å². The van der Waals surface area contributed by atoms with Crippen LogP contribution in [0.4, 0.5) is 0 Å². The summed E-state index contributed by atoms with van der Waals surface area (Å²) in [5, 5.41) is 3.03. The first-order valence-corrected chi connectivity index (χ1v) is 6.56. The van der Waals surface area contributed by atoms with Crippen molar-refractivity contribution in [3.8, 4) is 0 Å². The Balaban J connectivity index is 5.09. The van der Waals surface area contributed by atoms with E-state index in [9.17, 15) is 9.59 Å². The highest BCUT2D eigenvalue weighted by atomic mass is 32.2. The fourth-order valence-corrected chi connectivity index (χ4v) is 1.97. The third kappa shape index (κ3) is 4.98. The van der Waals surface area contributed by atoms with Crippen molar-refractivity contribution in [1.82, 2.24) is 0 Å². The van der Waals surface area contributed by atoms with E-state index in [-0.39, 0.29) is 17.1 Å². The third-order valence-electron chi connectivity index (χ3n) is 2.13. The largest absolute Gasteiger partial charge is 0.465 e. The van der Waals surface area contributed by atoms with Crippen molar-refractivity contribution in [1.29, 1.82) is 0 Å². The molecular weight excluding hydrogens is 254 g/mol. The molecule has 0 aromatic rings. The Morgan fingerprint density at radius 1 is 1.33 bits per heavy atom. The van der Waals surface area contributed by atoms with Crippen LogP contribution in [0.2, 0.25) is 0 Å². The first-order chi connectivity index (χ1) is 8.17. The van der Waals surface area contributed by atoms with Crippen LogP contribution in [0.5, 0.6) is 0 Å². The number of hydrogen-bond donors (Lipinski definition) is 0. The molecule has 1 atom stereocenters. The van der Waals surface area contributed by atoms with Crippen molar-refractivity contribution in [3.05, 3.63) is 10.4 Å². The van der Waals surface area contributed by atoms with Crippen molar-refractivity contribution in [2.75, 3.05) is 12.4 Å². The molecule has 102 valence electrons. The monoisotopic (exact) mass is 273 g/mol. The molecule has 1 amide bonds. The Morgan fingerprint density at radius 3 is 2.28 bits per heavy atom. The molecule has 0 aromatic carbocycles. The van der Waals surface area contributed by atoms with Crippen LogP contribution >= 0.6 is 11.8 Å². The number of esters is 1. The zero-order valence-electron chi connectivity index (χ0n) is 11.4.